The maximum atomic E-state index is 12.3. The molecule has 2 amide bonds. The van der Waals surface area contributed by atoms with E-state index in [1.807, 2.05) is 0 Å². The zero-order valence-corrected chi connectivity index (χ0v) is 15.6. The zero-order valence-electron chi connectivity index (χ0n) is 15.6. The number of aryl methyl sites for hydroxylation is 1. The molecule has 1 aliphatic heterocycles. The second-order valence-corrected chi connectivity index (χ2v) is 6.48. The highest BCUT2D eigenvalue weighted by Gasteiger charge is 2.24. The monoisotopic (exact) mass is 393 g/mol. The third-order valence-corrected chi connectivity index (χ3v) is 4.42. The summed E-state index contributed by atoms with van der Waals surface area (Å²) in [6, 6.07) is 4.63. The largest absolute Gasteiger partial charge is 0.486 e. The lowest BCUT2D eigenvalue weighted by molar-refractivity contribution is -0.385. The predicted octanol–water partition coefficient (Wildman–Crippen LogP) is 1.21. The minimum Gasteiger partial charge on any atom is -0.486 e. The molecule has 28 heavy (non-hydrogen) atoms. The van der Waals surface area contributed by atoms with Gasteiger partial charge in [0, 0.05) is 38.7 Å². The number of hydrogen-bond donors (Lipinski definition) is 1. The Morgan fingerprint density at radius 1 is 1.07 bits per heavy atom. The smallest absolute Gasteiger partial charge is 0.311 e. The number of carbonyl (C=O) groups is 3. The lowest BCUT2D eigenvalue weighted by Crippen LogP contribution is -2.50. The molecular formula is C18H23N3O7. The van der Waals surface area contributed by atoms with Crippen molar-refractivity contribution in [3.8, 4) is 5.75 Å². The van der Waals surface area contributed by atoms with Gasteiger partial charge < -0.3 is 19.6 Å². The molecule has 0 bridgehead atoms. The molecule has 1 fully saturated rings. The average molecular weight is 393 g/mol. The van der Waals surface area contributed by atoms with Gasteiger partial charge in [-0.3, -0.25) is 24.5 Å². The average Bonchev–Trinajstić information content (AvgIpc) is 2.67. The van der Waals surface area contributed by atoms with E-state index in [-0.39, 0.29) is 49.1 Å². The van der Waals surface area contributed by atoms with Gasteiger partial charge in [-0.2, -0.15) is 0 Å². The minimum absolute atomic E-state index is 0.0144. The van der Waals surface area contributed by atoms with Crippen LogP contribution in [-0.2, 0) is 14.4 Å². The molecular weight excluding hydrogens is 370 g/mol. The number of piperazine rings is 1. The molecule has 0 aliphatic carbocycles. The fourth-order valence-corrected chi connectivity index (χ4v) is 2.88. The summed E-state index contributed by atoms with van der Waals surface area (Å²) in [5, 5.41) is 19.7. The molecule has 0 aromatic heterocycles. The quantitative estimate of drug-likeness (QED) is 0.519. The second-order valence-electron chi connectivity index (χ2n) is 6.48. The van der Waals surface area contributed by atoms with Gasteiger partial charge in [-0.25, -0.2) is 0 Å². The lowest BCUT2D eigenvalue weighted by atomic mass is 10.2. The molecule has 152 valence electrons. The first-order chi connectivity index (χ1) is 13.3. The molecule has 0 radical (unpaired) electrons. The van der Waals surface area contributed by atoms with Gasteiger partial charge in [-0.1, -0.05) is 6.07 Å². The van der Waals surface area contributed by atoms with E-state index in [9.17, 15) is 24.5 Å². The Morgan fingerprint density at radius 3 is 2.18 bits per heavy atom. The van der Waals surface area contributed by atoms with E-state index in [4.69, 9.17) is 9.84 Å². The number of rotatable bonds is 8. The van der Waals surface area contributed by atoms with Crippen molar-refractivity contribution < 1.29 is 29.2 Å². The van der Waals surface area contributed by atoms with Crippen LogP contribution in [0.2, 0.25) is 0 Å². The van der Waals surface area contributed by atoms with Crippen molar-refractivity contribution >= 4 is 23.5 Å². The van der Waals surface area contributed by atoms with Gasteiger partial charge in [0.25, 0.3) is 0 Å². The van der Waals surface area contributed by atoms with Crippen molar-refractivity contribution in [2.45, 2.75) is 26.2 Å². The number of hydrogen-bond acceptors (Lipinski definition) is 6. The lowest BCUT2D eigenvalue weighted by Gasteiger charge is -2.34. The molecule has 10 nitrogen and oxygen atoms in total. The highest BCUT2D eigenvalue weighted by atomic mass is 16.6. The van der Waals surface area contributed by atoms with E-state index in [1.165, 1.54) is 12.1 Å². The fraction of sp³-hybridized carbons (Fsp3) is 0.500. The Hall–Kier alpha value is -3.17. The molecule has 1 aliphatic rings. The summed E-state index contributed by atoms with van der Waals surface area (Å²) >= 11 is 0. The van der Waals surface area contributed by atoms with Crippen LogP contribution in [0.1, 0.15) is 24.8 Å². The Labute approximate surface area is 161 Å². The number of carboxylic acids is 1. The first kappa shape index (κ1) is 21.1. The van der Waals surface area contributed by atoms with Crippen LogP contribution in [0.25, 0.3) is 0 Å². The molecule has 1 aromatic rings. The van der Waals surface area contributed by atoms with E-state index >= 15 is 0 Å². The van der Waals surface area contributed by atoms with Crippen molar-refractivity contribution in [1.82, 2.24) is 9.80 Å². The number of amides is 2. The van der Waals surface area contributed by atoms with Crippen molar-refractivity contribution in [2.75, 3.05) is 32.8 Å². The molecule has 1 aromatic carbocycles. The van der Waals surface area contributed by atoms with Gasteiger partial charge in [0.2, 0.25) is 11.8 Å². The van der Waals surface area contributed by atoms with Crippen molar-refractivity contribution in [1.29, 1.82) is 0 Å². The number of nitro groups is 1. The van der Waals surface area contributed by atoms with E-state index in [0.29, 0.717) is 26.2 Å². The van der Waals surface area contributed by atoms with E-state index in [1.54, 1.807) is 22.8 Å². The van der Waals surface area contributed by atoms with Crippen LogP contribution in [0.4, 0.5) is 5.69 Å². The van der Waals surface area contributed by atoms with Gasteiger partial charge >= 0.3 is 11.7 Å². The molecule has 1 heterocycles. The number of nitrogens with zero attached hydrogens (tertiary/aromatic N) is 3. The molecule has 0 saturated carbocycles. The van der Waals surface area contributed by atoms with Crippen molar-refractivity contribution in [2.24, 2.45) is 0 Å². The van der Waals surface area contributed by atoms with Gasteiger partial charge in [0.15, 0.2) is 5.75 Å². The van der Waals surface area contributed by atoms with Crippen LogP contribution in [0.15, 0.2) is 18.2 Å². The highest BCUT2D eigenvalue weighted by Crippen LogP contribution is 2.27. The van der Waals surface area contributed by atoms with Gasteiger partial charge in [0.05, 0.1) is 24.4 Å². The topological polar surface area (TPSA) is 130 Å². The van der Waals surface area contributed by atoms with Crippen LogP contribution >= 0.6 is 0 Å². The molecule has 1 saturated heterocycles. The Balaban J connectivity index is 1.77. The highest BCUT2D eigenvalue weighted by molar-refractivity contribution is 5.81. The molecule has 0 spiro atoms. The van der Waals surface area contributed by atoms with Crippen LogP contribution in [0, 0.1) is 17.0 Å². The molecule has 1 N–H and O–H groups in total. The third kappa shape index (κ3) is 5.93. The Kier molecular flexibility index (Phi) is 7.30. The summed E-state index contributed by atoms with van der Waals surface area (Å²) in [6.07, 6.45) is -0.190. The normalized spacial score (nSPS) is 13.9. The number of ether oxygens (including phenoxy) is 1. The van der Waals surface area contributed by atoms with Gasteiger partial charge in [-0.05, 0) is 18.6 Å². The number of aliphatic carboxylic acids is 1. The summed E-state index contributed by atoms with van der Waals surface area (Å²) in [5.41, 5.74) is 0.604. The third-order valence-electron chi connectivity index (χ3n) is 4.42. The standard InChI is InChI=1S/C18H23N3O7/c1-13-2-3-15(14(12-13)21(26)27)28-11-6-17(23)20-9-7-19(8-10-20)16(22)4-5-18(24)25/h2-3,12H,4-11H2,1H3,(H,24,25). The fourth-order valence-electron chi connectivity index (χ4n) is 2.88. The minimum atomic E-state index is -1.02. The number of carbonyl (C=O) groups excluding carboxylic acids is 2. The summed E-state index contributed by atoms with van der Waals surface area (Å²) in [6.45, 7) is 3.19. The van der Waals surface area contributed by atoms with Crippen LogP contribution in [0.3, 0.4) is 0 Å². The van der Waals surface area contributed by atoms with Crippen LogP contribution in [-0.4, -0.2) is 70.4 Å². The maximum absolute atomic E-state index is 12.3. The summed E-state index contributed by atoms with van der Waals surface area (Å²) in [5.74, 6) is -1.29. The van der Waals surface area contributed by atoms with E-state index in [0.717, 1.165) is 5.56 Å². The van der Waals surface area contributed by atoms with Crippen LogP contribution in [0.5, 0.6) is 5.75 Å². The SMILES string of the molecule is Cc1ccc(OCCC(=O)N2CCN(C(=O)CCC(=O)O)CC2)c([N+](=O)[O-])c1. The number of carboxylic acid groups (broad SMARTS) is 1. The number of benzene rings is 1. The number of nitro benzene ring substituents is 1. The first-order valence-corrected chi connectivity index (χ1v) is 8.93. The molecule has 0 unspecified atom stereocenters. The van der Waals surface area contributed by atoms with Gasteiger partial charge in [-0.15, -0.1) is 0 Å². The summed E-state index contributed by atoms with van der Waals surface area (Å²) in [7, 11) is 0. The van der Waals surface area contributed by atoms with E-state index < -0.39 is 10.9 Å². The predicted molar refractivity (Wildman–Crippen MR) is 98.0 cm³/mol. The van der Waals surface area contributed by atoms with E-state index in [2.05, 4.69) is 0 Å². The van der Waals surface area contributed by atoms with Crippen molar-refractivity contribution in [3.05, 3.63) is 33.9 Å². The Morgan fingerprint density at radius 2 is 1.64 bits per heavy atom. The van der Waals surface area contributed by atoms with Gasteiger partial charge in [0.1, 0.15) is 0 Å². The molecule has 10 heteroatoms. The maximum Gasteiger partial charge on any atom is 0.311 e. The molecule has 2 rings (SSSR count). The van der Waals surface area contributed by atoms with Crippen LogP contribution < -0.4 is 4.74 Å². The second kappa shape index (κ2) is 9.67. The van der Waals surface area contributed by atoms with Crippen molar-refractivity contribution in [3.63, 3.8) is 0 Å². The first-order valence-electron chi connectivity index (χ1n) is 8.93. The molecule has 0 atom stereocenters. The summed E-state index contributed by atoms with van der Waals surface area (Å²) < 4.78 is 5.42. The summed E-state index contributed by atoms with van der Waals surface area (Å²) in [4.78, 5) is 48.4. The Bertz CT molecular complexity index is 758. The zero-order chi connectivity index (χ0) is 20.7.